The average molecular weight is 235 g/mol. The van der Waals surface area contributed by atoms with E-state index in [2.05, 4.69) is 4.74 Å². The van der Waals surface area contributed by atoms with Crippen molar-refractivity contribution in [3.8, 4) is 0 Å². The number of rotatable bonds is 3. The van der Waals surface area contributed by atoms with Crippen molar-refractivity contribution >= 4 is 11.9 Å². The molecule has 0 saturated carbocycles. The topological polar surface area (TPSA) is 55.8 Å². The van der Waals surface area contributed by atoms with E-state index in [0.29, 0.717) is 6.54 Å². The summed E-state index contributed by atoms with van der Waals surface area (Å²) in [5.74, 6) is -0.858. The van der Waals surface area contributed by atoms with Crippen molar-refractivity contribution in [2.24, 2.45) is 0 Å². The van der Waals surface area contributed by atoms with E-state index in [9.17, 15) is 9.59 Å². The van der Waals surface area contributed by atoms with Crippen LogP contribution in [0.4, 0.5) is 0 Å². The van der Waals surface area contributed by atoms with Gasteiger partial charge < -0.3 is 9.57 Å². The molecule has 1 saturated heterocycles. The lowest BCUT2D eigenvalue weighted by molar-refractivity contribution is -0.184. The summed E-state index contributed by atoms with van der Waals surface area (Å²) in [6, 6.07) is 8.84. The molecule has 2 rings (SSSR count). The summed E-state index contributed by atoms with van der Waals surface area (Å²) in [6.07, 6.45) is 0.0412. The highest BCUT2D eigenvalue weighted by molar-refractivity contribution is 5.84. The van der Waals surface area contributed by atoms with Gasteiger partial charge in [0, 0.05) is 0 Å². The zero-order chi connectivity index (χ0) is 12.3. The Bertz CT molecular complexity index is 418. The largest absolute Gasteiger partial charge is 0.468 e. The van der Waals surface area contributed by atoms with Gasteiger partial charge in [-0.15, -0.1) is 5.06 Å². The van der Waals surface area contributed by atoms with Crippen LogP contribution in [0.15, 0.2) is 30.3 Å². The third-order valence-electron chi connectivity index (χ3n) is 2.58. The van der Waals surface area contributed by atoms with Crippen molar-refractivity contribution < 1.29 is 19.2 Å². The molecule has 1 heterocycles. The molecule has 0 N–H and O–H groups in total. The molecule has 1 aliphatic heterocycles. The number of carbonyl (C=O) groups excluding carboxylic acids is 2. The van der Waals surface area contributed by atoms with Gasteiger partial charge in [0.1, 0.15) is 0 Å². The predicted octanol–water partition coefficient (Wildman–Crippen LogP) is 0.892. The third kappa shape index (κ3) is 2.62. The molecule has 1 unspecified atom stereocenters. The highest BCUT2D eigenvalue weighted by atomic mass is 16.7. The van der Waals surface area contributed by atoms with Gasteiger partial charge in [-0.25, -0.2) is 0 Å². The van der Waals surface area contributed by atoms with Gasteiger partial charge in [-0.05, 0) is 5.56 Å². The van der Waals surface area contributed by atoms with E-state index in [0.717, 1.165) is 5.56 Å². The normalized spacial score (nSPS) is 20.1. The molecule has 0 amide bonds. The minimum absolute atomic E-state index is 0.0412. The highest BCUT2D eigenvalue weighted by Crippen LogP contribution is 2.20. The van der Waals surface area contributed by atoms with Crippen molar-refractivity contribution in [2.75, 3.05) is 7.11 Å². The predicted molar refractivity (Wildman–Crippen MR) is 58.5 cm³/mol. The van der Waals surface area contributed by atoms with Crippen LogP contribution in [-0.4, -0.2) is 30.2 Å². The van der Waals surface area contributed by atoms with Crippen LogP contribution in [0.25, 0.3) is 0 Å². The summed E-state index contributed by atoms with van der Waals surface area (Å²) in [4.78, 5) is 27.7. The minimum Gasteiger partial charge on any atom is -0.468 e. The van der Waals surface area contributed by atoms with Crippen molar-refractivity contribution in [2.45, 2.75) is 19.0 Å². The van der Waals surface area contributed by atoms with Crippen LogP contribution in [0.2, 0.25) is 0 Å². The monoisotopic (exact) mass is 235 g/mol. The summed E-state index contributed by atoms with van der Waals surface area (Å²) >= 11 is 0. The van der Waals surface area contributed by atoms with E-state index < -0.39 is 18.0 Å². The first-order chi connectivity index (χ1) is 8.20. The molecule has 0 aliphatic carbocycles. The number of ether oxygens (including phenoxy) is 1. The molecule has 0 spiro atoms. The zero-order valence-electron chi connectivity index (χ0n) is 9.46. The smallest absolute Gasteiger partial charge is 0.327 e. The Morgan fingerprint density at radius 2 is 2.18 bits per heavy atom. The Balaban J connectivity index is 2.08. The van der Waals surface area contributed by atoms with Crippen LogP contribution in [-0.2, 0) is 25.7 Å². The second-order valence-electron chi connectivity index (χ2n) is 3.77. The Labute approximate surface area is 98.9 Å². The molecule has 0 aromatic heterocycles. The van der Waals surface area contributed by atoms with Gasteiger partial charge in [-0.1, -0.05) is 30.3 Å². The molecule has 1 atom stereocenters. The van der Waals surface area contributed by atoms with Crippen LogP contribution < -0.4 is 0 Å². The fourth-order valence-electron chi connectivity index (χ4n) is 1.73. The minimum atomic E-state index is -0.646. The highest BCUT2D eigenvalue weighted by Gasteiger charge is 2.38. The van der Waals surface area contributed by atoms with Crippen LogP contribution >= 0.6 is 0 Å². The average Bonchev–Trinajstić information content (AvgIpc) is 2.70. The number of hydroxylamine groups is 2. The van der Waals surface area contributed by atoms with Crippen molar-refractivity contribution in [3.05, 3.63) is 35.9 Å². The fourth-order valence-corrected chi connectivity index (χ4v) is 1.73. The maximum Gasteiger partial charge on any atom is 0.327 e. The molecular formula is C12H13NO4. The molecule has 5 heteroatoms. The van der Waals surface area contributed by atoms with Gasteiger partial charge in [0.2, 0.25) is 0 Å². The van der Waals surface area contributed by atoms with Crippen molar-refractivity contribution in [1.29, 1.82) is 0 Å². The number of hydrogen-bond acceptors (Lipinski definition) is 5. The Kier molecular flexibility index (Phi) is 3.39. The molecule has 1 aromatic carbocycles. The van der Waals surface area contributed by atoms with Gasteiger partial charge in [0.05, 0.1) is 20.1 Å². The van der Waals surface area contributed by atoms with Crippen LogP contribution in [0, 0.1) is 0 Å². The first-order valence-corrected chi connectivity index (χ1v) is 5.30. The van der Waals surface area contributed by atoms with E-state index in [-0.39, 0.29) is 6.42 Å². The molecule has 90 valence electrons. The number of methoxy groups -OCH3 is 1. The molecule has 1 aliphatic rings. The first kappa shape index (κ1) is 11.6. The Hall–Kier alpha value is -1.88. The van der Waals surface area contributed by atoms with E-state index in [1.807, 2.05) is 30.3 Å². The van der Waals surface area contributed by atoms with Gasteiger partial charge in [-0.3, -0.25) is 9.59 Å². The van der Waals surface area contributed by atoms with Gasteiger partial charge in [0.15, 0.2) is 6.04 Å². The summed E-state index contributed by atoms with van der Waals surface area (Å²) in [7, 11) is 1.30. The SMILES string of the molecule is COC(=O)C1CC(=O)ON1Cc1ccccc1. The van der Waals surface area contributed by atoms with Crippen molar-refractivity contribution in [1.82, 2.24) is 5.06 Å². The van der Waals surface area contributed by atoms with E-state index in [1.54, 1.807) is 0 Å². The number of hydrogen-bond donors (Lipinski definition) is 0. The van der Waals surface area contributed by atoms with E-state index in [1.165, 1.54) is 12.2 Å². The number of carbonyl (C=O) groups is 2. The fraction of sp³-hybridized carbons (Fsp3) is 0.333. The zero-order valence-corrected chi connectivity index (χ0v) is 9.46. The molecule has 17 heavy (non-hydrogen) atoms. The standard InChI is InChI=1S/C12H13NO4/c1-16-12(15)10-7-11(14)17-13(10)8-9-5-3-2-4-6-9/h2-6,10H,7-8H2,1H3. The molecule has 0 bridgehead atoms. The van der Waals surface area contributed by atoms with E-state index in [4.69, 9.17) is 4.84 Å². The number of esters is 1. The summed E-state index contributed by atoms with van der Waals surface area (Å²) < 4.78 is 4.64. The summed E-state index contributed by atoms with van der Waals surface area (Å²) in [5, 5.41) is 1.36. The Morgan fingerprint density at radius 3 is 2.82 bits per heavy atom. The lowest BCUT2D eigenvalue weighted by atomic mass is 10.2. The van der Waals surface area contributed by atoms with Crippen LogP contribution in [0.3, 0.4) is 0 Å². The lowest BCUT2D eigenvalue weighted by Gasteiger charge is -2.18. The number of benzene rings is 1. The molecular weight excluding hydrogens is 222 g/mol. The lowest BCUT2D eigenvalue weighted by Crippen LogP contribution is -2.35. The van der Waals surface area contributed by atoms with E-state index >= 15 is 0 Å². The maximum atomic E-state index is 11.5. The van der Waals surface area contributed by atoms with Crippen LogP contribution in [0.1, 0.15) is 12.0 Å². The summed E-state index contributed by atoms with van der Waals surface area (Å²) in [6.45, 7) is 0.381. The van der Waals surface area contributed by atoms with Crippen LogP contribution in [0.5, 0.6) is 0 Å². The third-order valence-corrected chi connectivity index (χ3v) is 2.58. The van der Waals surface area contributed by atoms with Gasteiger partial charge >= 0.3 is 11.9 Å². The quantitative estimate of drug-likeness (QED) is 0.728. The summed E-state index contributed by atoms with van der Waals surface area (Å²) in [5.41, 5.74) is 0.969. The van der Waals surface area contributed by atoms with Crippen molar-refractivity contribution in [3.63, 3.8) is 0 Å². The number of nitrogens with zero attached hydrogens (tertiary/aromatic N) is 1. The van der Waals surface area contributed by atoms with Gasteiger partial charge in [-0.2, -0.15) is 0 Å². The second kappa shape index (κ2) is 4.97. The molecule has 0 radical (unpaired) electrons. The van der Waals surface area contributed by atoms with Gasteiger partial charge in [0.25, 0.3) is 0 Å². The molecule has 1 fully saturated rings. The molecule has 5 nitrogen and oxygen atoms in total. The Morgan fingerprint density at radius 1 is 1.47 bits per heavy atom. The second-order valence-corrected chi connectivity index (χ2v) is 3.77. The maximum absolute atomic E-state index is 11.5. The first-order valence-electron chi connectivity index (χ1n) is 5.30. The molecule has 1 aromatic rings.